The Kier molecular flexibility index (Phi) is 9.60. The maximum absolute atomic E-state index is 11.8. The van der Waals surface area contributed by atoms with E-state index in [9.17, 15) is 8.42 Å². The summed E-state index contributed by atoms with van der Waals surface area (Å²) < 4.78 is 25.5. The van der Waals surface area contributed by atoms with E-state index in [-0.39, 0.29) is 24.0 Å². The van der Waals surface area contributed by atoms with Crippen molar-refractivity contribution in [3.63, 3.8) is 0 Å². The summed E-state index contributed by atoms with van der Waals surface area (Å²) in [6.45, 7) is 7.27. The molecule has 0 saturated heterocycles. The summed E-state index contributed by atoms with van der Waals surface area (Å²) in [7, 11) is 0.516. The summed E-state index contributed by atoms with van der Waals surface area (Å²) >= 11 is 0. The summed E-state index contributed by atoms with van der Waals surface area (Å²) in [5.41, 5.74) is 5.31. The number of halogens is 1. The fourth-order valence-electron chi connectivity index (χ4n) is 3.41. The van der Waals surface area contributed by atoms with E-state index in [0.717, 1.165) is 29.7 Å². The zero-order chi connectivity index (χ0) is 20.9. The van der Waals surface area contributed by atoms with Gasteiger partial charge in [0.1, 0.15) is 0 Å². The zero-order valence-electron chi connectivity index (χ0n) is 18.0. The van der Waals surface area contributed by atoms with Gasteiger partial charge in [-0.3, -0.25) is 9.67 Å². The predicted molar refractivity (Wildman–Crippen MR) is 129 cm³/mol. The number of nitrogens with zero attached hydrogens (tertiary/aromatic N) is 3. The van der Waals surface area contributed by atoms with Gasteiger partial charge in [0.2, 0.25) is 0 Å². The first-order valence-electron chi connectivity index (χ1n) is 9.48. The van der Waals surface area contributed by atoms with Gasteiger partial charge in [-0.2, -0.15) is 5.10 Å². The molecule has 0 aliphatic heterocycles. The number of nitrogens with one attached hydrogen (secondary N) is 2. The van der Waals surface area contributed by atoms with Crippen LogP contribution in [0.5, 0.6) is 0 Å². The molecule has 1 aromatic carbocycles. The third-order valence-corrected chi connectivity index (χ3v) is 6.04. The molecule has 0 atom stereocenters. The highest BCUT2D eigenvalue weighted by atomic mass is 127. The number of rotatable bonds is 7. The second kappa shape index (κ2) is 11.0. The molecule has 0 spiro atoms. The van der Waals surface area contributed by atoms with Crippen LogP contribution in [0.15, 0.2) is 28.1 Å². The Balaban J connectivity index is 0.00000420. The highest BCUT2D eigenvalue weighted by Gasteiger charge is 2.14. The van der Waals surface area contributed by atoms with Gasteiger partial charge in [0.05, 0.1) is 10.6 Å². The van der Waals surface area contributed by atoms with E-state index >= 15 is 0 Å². The molecule has 0 unspecified atom stereocenters. The molecule has 0 aliphatic rings. The van der Waals surface area contributed by atoms with Crippen molar-refractivity contribution in [3.05, 3.63) is 46.3 Å². The number of benzene rings is 1. The van der Waals surface area contributed by atoms with Crippen molar-refractivity contribution < 1.29 is 8.42 Å². The van der Waals surface area contributed by atoms with Crippen molar-refractivity contribution >= 4 is 39.8 Å². The molecule has 2 aromatic rings. The molecule has 29 heavy (non-hydrogen) atoms. The maximum atomic E-state index is 11.8. The van der Waals surface area contributed by atoms with Gasteiger partial charge in [-0.05, 0) is 37.0 Å². The lowest BCUT2D eigenvalue weighted by Gasteiger charge is -2.14. The Morgan fingerprint density at radius 2 is 1.83 bits per heavy atom. The zero-order valence-corrected chi connectivity index (χ0v) is 21.2. The number of aromatic nitrogens is 2. The quantitative estimate of drug-likeness (QED) is 0.325. The predicted octanol–water partition coefficient (Wildman–Crippen LogP) is 2.74. The van der Waals surface area contributed by atoms with E-state index in [0.29, 0.717) is 23.9 Å². The van der Waals surface area contributed by atoms with Crippen molar-refractivity contribution in [2.75, 3.05) is 13.3 Å². The topological polar surface area (TPSA) is 88.4 Å². The van der Waals surface area contributed by atoms with Crippen LogP contribution in [-0.4, -0.2) is 37.5 Å². The molecule has 0 aliphatic carbocycles. The van der Waals surface area contributed by atoms with E-state index in [4.69, 9.17) is 0 Å². The third-order valence-electron chi connectivity index (χ3n) is 4.78. The van der Waals surface area contributed by atoms with Crippen LogP contribution in [0.2, 0.25) is 0 Å². The van der Waals surface area contributed by atoms with E-state index in [1.54, 1.807) is 13.1 Å². The van der Waals surface area contributed by atoms with E-state index in [1.807, 2.05) is 30.8 Å². The smallest absolute Gasteiger partial charge is 0.191 e. The lowest BCUT2D eigenvalue weighted by molar-refractivity contribution is 0.601. The molecule has 9 heteroatoms. The van der Waals surface area contributed by atoms with E-state index in [2.05, 4.69) is 34.6 Å². The SMILES string of the molecule is CCc1nn(C)c(CC)c1CNC(=NC)NCc1ccc(S(C)(=O)=O)c(C)c1.I. The summed E-state index contributed by atoms with van der Waals surface area (Å²) in [5, 5.41) is 11.2. The number of aryl methyl sites for hydroxylation is 3. The van der Waals surface area contributed by atoms with Crippen LogP contribution in [0, 0.1) is 6.92 Å². The minimum Gasteiger partial charge on any atom is -0.352 e. The van der Waals surface area contributed by atoms with Crippen LogP contribution in [0.3, 0.4) is 0 Å². The lowest BCUT2D eigenvalue weighted by Crippen LogP contribution is -2.36. The van der Waals surface area contributed by atoms with Crippen LogP contribution in [0.25, 0.3) is 0 Å². The van der Waals surface area contributed by atoms with Crippen molar-refractivity contribution in [2.45, 2.75) is 51.6 Å². The minimum absolute atomic E-state index is 0. The summed E-state index contributed by atoms with van der Waals surface area (Å²) in [6.07, 6.45) is 3.05. The first-order valence-corrected chi connectivity index (χ1v) is 11.4. The highest BCUT2D eigenvalue weighted by molar-refractivity contribution is 14.0. The van der Waals surface area contributed by atoms with Gasteiger partial charge < -0.3 is 10.6 Å². The molecule has 0 bridgehead atoms. The molecule has 1 heterocycles. The molecule has 0 amide bonds. The number of guanidine groups is 1. The summed E-state index contributed by atoms with van der Waals surface area (Å²) in [4.78, 5) is 4.66. The van der Waals surface area contributed by atoms with Gasteiger partial charge in [0.25, 0.3) is 0 Å². The Labute approximate surface area is 191 Å². The summed E-state index contributed by atoms with van der Waals surface area (Å²) in [5.74, 6) is 0.692. The number of hydrogen-bond acceptors (Lipinski definition) is 4. The number of hydrogen-bond donors (Lipinski definition) is 2. The lowest BCUT2D eigenvalue weighted by atomic mass is 10.1. The third kappa shape index (κ3) is 6.43. The van der Waals surface area contributed by atoms with E-state index in [1.165, 1.54) is 17.5 Å². The normalized spacial score (nSPS) is 11.9. The van der Waals surface area contributed by atoms with Crippen LogP contribution in [-0.2, 0) is 42.8 Å². The molecule has 0 saturated carbocycles. The molecule has 162 valence electrons. The van der Waals surface area contributed by atoms with Crippen molar-refractivity contribution in [1.29, 1.82) is 0 Å². The van der Waals surface area contributed by atoms with Crippen LogP contribution in [0.4, 0.5) is 0 Å². The standard InChI is InChI=1S/C20H31N5O2S.HI/c1-7-17-16(18(8-2)25(5)24-17)13-23-20(21-4)22-12-15-9-10-19(14(3)11-15)28(6,26)27;/h9-11H,7-8,12-13H2,1-6H3,(H2,21,22,23);1H. The molecule has 2 rings (SSSR count). The Bertz CT molecular complexity index is 967. The van der Waals surface area contributed by atoms with Crippen molar-refractivity contribution in [3.8, 4) is 0 Å². The van der Waals surface area contributed by atoms with Gasteiger partial charge >= 0.3 is 0 Å². The Morgan fingerprint density at radius 1 is 1.17 bits per heavy atom. The molecule has 7 nitrogen and oxygen atoms in total. The number of aliphatic imine (C=N–C) groups is 1. The highest BCUT2D eigenvalue weighted by Crippen LogP contribution is 2.17. The first kappa shape index (κ1) is 25.4. The van der Waals surface area contributed by atoms with Crippen LogP contribution < -0.4 is 10.6 Å². The molecular weight excluding hydrogens is 501 g/mol. The first-order chi connectivity index (χ1) is 13.2. The average Bonchev–Trinajstić information content (AvgIpc) is 2.95. The van der Waals surface area contributed by atoms with Crippen LogP contribution >= 0.6 is 24.0 Å². The fraction of sp³-hybridized carbons (Fsp3) is 0.500. The maximum Gasteiger partial charge on any atom is 0.191 e. The largest absolute Gasteiger partial charge is 0.352 e. The van der Waals surface area contributed by atoms with Gasteiger partial charge in [-0.15, -0.1) is 24.0 Å². The van der Waals surface area contributed by atoms with E-state index < -0.39 is 9.84 Å². The average molecular weight is 533 g/mol. The summed E-state index contributed by atoms with van der Waals surface area (Å²) in [6, 6.07) is 5.38. The molecule has 0 radical (unpaired) electrons. The second-order valence-electron chi connectivity index (χ2n) is 6.85. The van der Waals surface area contributed by atoms with Gasteiger partial charge in [0, 0.05) is 44.7 Å². The molecule has 0 fully saturated rings. The molecule has 2 N–H and O–H groups in total. The van der Waals surface area contributed by atoms with Crippen molar-refractivity contribution in [2.24, 2.45) is 12.0 Å². The second-order valence-corrected chi connectivity index (χ2v) is 8.84. The van der Waals surface area contributed by atoms with Gasteiger partial charge in [0.15, 0.2) is 15.8 Å². The Morgan fingerprint density at radius 3 is 2.34 bits per heavy atom. The molecule has 1 aromatic heterocycles. The van der Waals surface area contributed by atoms with Gasteiger partial charge in [-0.25, -0.2) is 8.42 Å². The fourth-order valence-corrected chi connectivity index (χ4v) is 4.37. The van der Waals surface area contributed by atoms with Crippen molar-refractivity contribution in [1.82, 2.24) is 20.4 Å². The van der Waals surface area contributed by atoms with Gasteiger partial charge in [-0.1, -0.05) is 26.0 Å². The monoisotopic (exact) mass is 533 g/mol. The number of sulfone groups is 1. The minimum atomic E-state index is -3.20. The van der Waals surface area contributed by atoms with Crippen LogP contribution in [0.1, 0.15) is 41.9 Å². The molecular formula is C20H32IN5O2S. The Hall–Kier alpha value is -1.62.